The molecular weight excluding hydrogens is 279 g/mol. The van der Waals surface area contributed by atoms with E-state index in [0.29, 0.717) is 10.6 Å². The van der Waals surface area contributed by atoms with E-state index in [9.17, 15) is 9.59 Å². The molecule has 0 aromatic heterocycles. The van der Waals surface area contributed by atoms with E-state index < -0.39 is 11.9 Å². The van der Waals surface area contributed by atoms with Gasteiger partial charge >= 0.3 is 11.9 Å². The van der Waals surface area contributed by atoms with Gasteiger partial charge in [0.05, 0.1) is 24.8 Å². The van der Waals surface area contributed by atoms with Crippen LogP contribution in [0.5, 0.6) is 0 Å². The summed E-state index contributed by atoms with van der Waals surface area (Å²) in [5, 5.41) is 0.661. The van der Waals surface area contributed by atoms with Crippen LogP contribution in [0.25, 0.3) is 5.57 Å². The van der Waals surface area contributed by atoms with Crippen molar-refractivity contribution < 1.29 is 19.1 Å². The Morgan fingerprint density at radius 2 is 1.83 bits per heavy atom. The zero-order valence-corrected chi connectivity index (χ0v) is 11.2. The summed E-state index contributed by atoms with van der Waals surface area (Å²) >= 11 is 11.7. The Morgan fingerprint density at radius 1 is 1.17 bits per heavy atom. The molecule has 0 saturated heterocycles. The van der Waals surface area contributed by atoms with Gasteiger partial charge in [-0.25, -0.2) is 9.59 Å². The topological polar surface area (TPSA) is 52.6 Å². The van der Waals surface area contributed by atoms with Crippen LogP contribution in [0.4, 0.5) is 0 Å². The van der Waals surface area contributed by atoms with Gasteiger partial charge in [-0.05, 0) is 12.1 Å². The van der Waals surface area contributed by atoms with Crippen molar-refractivity contribution in [1.29, 1.82) is 0 Å². The Kier molecular flexibility index (Phi) is 5.19. The van der Waals surface area contributed by atoms with E-state index in [2.05, 4.69) is 9.47 Å². The minimum atomic E-state index is -0.690. The van der Waals surface area contributed by atoms with Crippen molar-refractivity contribution in [3.05, 3.63) is 39.9 Å². The molecule has 0 aliphatic rings. The fourth-order valence-corrected chi connectivity index (χ4v) is 1.75. The van der Waals surface area contributed by atoms with Crippen molar-refractivity contribution in [2.45, 2.75) is 0 Å². The van der Waals surface area contributed by atoms with Crippen molar-refractivity contribution in [2.75, 3.05) is 14.2 Å². The monoisotopic (exact) mass is 288 g/mol. The van der Waals surface area contributed by atoms with E-state index in [1.54, 1.807) is 6.07 Å². The molecule has 0 unspecified atom stereocenters. The fraction of sp³-hybridized carbons (Fsp3) is 0.167. The van der Waals surface area contributed by atoms with Gasteiger partial charge in [0.25, 0.3) is 0 Å². The highest BCUT2D eigenvalue weighted by Gasteiger charge is 2.17. The number of esters is 2. The highest BCUT2D eigenvalue weighted by Crippen LogP contribution is 2.27. The van der Waals surface area contributed by atoms with Gasteiger partial charge in [-0.1, -0.05) is 29.3 Å². The number of ether oxygens (including phenoxy) is 2. The van der Waals surface area contributed by atoms with Crippen molar-refractivity contribution in [2.24, 2.45) is 0 Å². The second-order valence-electron chi connectivity index (χ2n) is 3.20. The van der Waals surface area contributed by atoms with Crippen LogP contribution in [-0.4, -0.2) is 26.2 Å². The summed E-state index contributed by atoms with van der Waals surface area (Å²) in [5.41, 5.74) is 0.351. The quantitative estimate of drug-likeness (QED) is 0.634. The van der Waals surface area contributed by atoms with Crippen molar-refractivity contribution in [3.63, 3.8) is 0 Å². The van der Waals surface area contributed by atoms with E-state index in [1.165, 1.54) is 26.4 Å². The zero-order valence-electron chi connectivity index (χ0n) is 9.70. The van der Waals surface area contributed by atoms with Crippen LogP contribution in [-0.2, 0) is 19.1 Å². The molecule has 0 saturated carbocycles. The molecule has 0 fully saturated rings. The molecule has 4 nitrogen and oxygen atoms in total. The summed E-state index contributed by atoms with van der Waals surface area (Å²) in [6, 6.07) is 4.54. The lowest BCUT2D eigenvalue weighted by Crippen LogP contribution is -2.08. The molecule has 96 valence electrons. The van der Waals surface area contributed by atoms with E-state index in [4.69, 9.17) is 23.2 Å². The predicted octanol–water partition coefficient (Wildman–Crippen LogP) is 2.72. The van der Waals surface area contributed by atoms with Gasteiger partial charge in [-0.2, -0.15) is 0 Å². The summed E-state index contributed by atoms with van der Waals surface area (Å²) in [6.45, 7) is 0. The Labute approximate surface area is 114 Å². The third-order valence-electron chi connectivity index (χ3n) is 2.09. The first-order valence-electron chi connectivity index (χ1n) is 4.83. The maximum atomic E-state index is 11.6. The first-order chi connectivity index (χ1) is 8.49. The smallest absolute Gasteiger partial charge is 0.338 e. The highest BCUT2D eigenvalue weighted by molar-refractivity contribution is 6.37. The Bertz CT molecular complexity index is 509. The molecule has 6 heteroatoms. The fourth-order valence-electron chi connectivity index (χ4n) is 1.24. The maximum absolute atomic E-state index is 11.6. The average Bonchev–Trinajstić information content (AvgIpc) is 2.35. The second-order valence-corrected chi connectivity index (χ2v) is 4.04. The first-order valence-corrected chi connectivity index (χ1v) is 5.58. The van der Waals surface area contributed by atoms with Crippen LogP contribution in [0.3, 0.4) is 0 Å². The zero-order chi connectivity index (χ0) is 13.7. The molecule has 0 bridgehead atoms. The summed E-state index contributed by atoms with van der Waals surface area (Å²) in [6.07, 6.45) is 1.01. The van der Waals surface area contributed by atoms with Gasteiger partial charge in [-0.3, -0.25) is 0 Å². The maximum Gasteiger partial charge on any atom is 0.338 e. The number of rotatable bonds is 3. The number of benzene rings is 1. The van der Waals surface area contributed by atoms with Crippen LogP contribution in [0.1, 0.15) is 5.56 Å². The average molecular weight is 289 g/mol. The van der Waals surface area contributed by atoms with E-state index in [-0.39, 0.29) is 10.6 Å². The van der Waals surface area contributed by atoms with E-state index in [1.807, 2.05) is 0 Å². The van der Waals surface area contributed by atoms with E-state index in [0.717, 1.165) is 6.08 Å². The largest absolute Gasteiger partial charge is 0.466 e. The van der Waals surface area contributed by atoms with Gasteiger partial charge in [0.15, 0.2) is 0 Å². The van der Waals surface area contributed by atoms with Crippen LogP contribution in [0, 0.1) is 0 Å². The number of hydrogen-bond acceptors (Lipinski definition) is 4. The van der Waals surface area contributed by atoms with Crippen LogP contribution in [0.2, 0.25) is 10.0 Å². The van der Waals surface area contributed by atoms with Crippen LogP contribution in [0.15, 0.2) is 24.3 Å². The number of halogens is 2. The molecule has 0 heterocycles. The molecule has 0 N–H and O–H groups in total. The second kappa shape index (κ2) is 6.42. The number of carbonyl (C=O) groups is 2. The summed E-state index contributed by atoms with van der Waals surface area (Å²) in [5.74, 6) is -1.37. The third-order valence-corrected chi connectivity index (χ3v) is 2.64. The number of hydrogen-bond donors (Lipinski definition) is 0. The molecule has 1 rings (SSSR count). The Balaban J connectivity index is 3.30. The Hall–Kier alpha value is -1.52. The molecule has 0 aliphatic carbocycles. The molecule has 0 radical (unpaired) electrons. The summed E-state index contributed by atoms with van der Waals surface area (Å²) in [4.78, 5) is 22.8. The van der Waals surface area contributed by atoms with Gasteiger partial charge in [0, 0.05) is 16.7 Å². The predicted molar refractivity (Wildman–Crippen MR) is 68.5 cm³/mol. The van der Waals surface area contributed by atoms with Crippen LogP contribution >= 0.6 is 23.2 Å². The van der Waals surface area contributed by atoms with Gasteiger partial charge in [0.2, 0.25) is 0 Å². The lowest BCUT2D eigenvalue weighted by Gasteiger charge is -2.07. The van der Waals surface area contributed by atoms with Gasteiger partial charge in [-0.15, -0.1) is 0 Å². The standard InChI is InChI=1S/C12H10Cl2O4/c1-17-11(15)6-9(12(16)18-2)8-4-3-7(13)5-10(8)14/h3-6H,1-2H3. The van der Waals surface area contributed by atoms with Crippen molar-refractivity contribution in [3.8, 4) is 0 Å². The molecular formula is C12H10Cl2O4. The molecule has 1 aromatic rings. The lowest BCUT2D eigenvalue weighted by atomic mass is 10.1. The molecule has 0 amide bonds. The van der Waals surface area contributed by atoms with Crippen LogP contribution < -0.4 is 0 Å². The molecule has 18 heavy (non-hydrogen) atoms. The minimum Gasteiger partial charge on any atom is -0.466 e. The minimum absolute atomic E-state index is 0.00557. The molecule has 1 aromatic carbocycles. The van der Waals surface area contributed by atoms with Crippen molar-refractivity contribution in [1.82, 2.24) is 0 Å². The van der Waals surface area contributed by atoms with Gasteiger partial charge in [0.1, 0.15) is 0 Å². The SMILES string of the molecule is COC(=O)C=C(C(=O)OC)c1ccc(Cl)cc1Cl. The molecule has 0 atom stereocenters. The Morgan fingerprint density at radius 3 is 2.33 bits per heavy atom. The number of methoxy groups -OCH3 is 2. The third kappa shape index (κ3) is 3.48. The first kappa shape index (κ1) is 14.5. The molecule has 0 aliphatic heterocycles. The van der Waals surface area contributed by atoms with Crippen molar-refractivity contribution >= 4 is 40.7 Å². The number of carbonyl (C=O) groups excluding carboxylic acids is 2. The lowest BCUT2D eigenvalue weighted by molar-refractivity contribution is -0.136. The van der Waals surface area contributed by atoms with E-state index >= 15 is 0 Å². The van der Waals surface area contributed by atoms with Gasteiger partial charge < -0.3 is 9.47 Å². The summed E-state index contributed by atoms with van der Waals surface area (Å²) in [7, 11) is 2.41. The summed E-state index contributed by atoms with van der Waals surface area (Å²) < 4.78 is 9.06. The molecule has 0 spiro atoms. The normalized spacial score (nSPS) is 11.0. The highest BCUT2D eigenvalue weighted by atomic mass is 35.5.